The number of hydrogen-bond acceptors (Lipinski definition) is 2. The van der Waals surface area contributed by atoms with Gasteiger partial charge in [0.05, 0.1) is 6.10 Å². The van der Waals surface area contributed by atoms with Gasteiger partial charge in [-0.05, 0) is 35.2 Å². The number of fused-ring (bicyclic) bond motifs is 1. The molecule has 3 rings (SSSR count). The second-order valence-electron chi connectivity index (χ2n) is 6.49. The highest BCUT2D eigenvalue weighted by Gasteiger charge is 2.37. The Morgan fingerprint density at radius 2 is 1.62 bits per heavy atom. The zero-order valence-electron chi connectivity index (χ0n) is 12.6. The Morgan fingerprint density at radius 3 is 2.29 bits per heavy atom. The highest BCUT2D eigenvalue weighted by atomic mass is 16.3. The van der Waals surface area contributed by atoms with Crippen LogP contribution in [0.4, 0.5) is 0 Å². The Labute approximate surface area is 127 Å². The Kier molecular flexibility index (Phi) is 4.27. The van der Waals surface area contributed by atoms with Crippen molar-refractivity contribution in [2.75, 3.05) is 6.54 Å². The van der Waals surface area contributed by atoms with Gasteiger partial charge in [0.15, 0.2) is 0 Å². The average molecular weight is 283 g/mol. The van der Waals surface area contributed by atoms with E-state index in [0.717, 1.165) is 18.4 Å². The maximum Gasteiger partial charge on any atom is 0.0858 e. The first-order valence-corrected chi connectivity index (χ1v) is 8.12. The molecule has 1 aliphatic rings. The summed E-state index contributed by atoms with van der Waals surface area (Å²) in [6, 6.07) is 14.6. The van der Waals surface area contributed by atoms with Gasteiger partial charge in [-0.15, -0.1) is 0 Å². The van der Waals surface area contributed by atoms with Gasteiger partial charge in [0.1, 0.15) is 0 Å². The van der Waals surface area contributed by atoms with Gasteiger partial charge in [0, 0.05) is 12.0 Å². The molecule has 0 saturated heterocycles. The molecule has 3 N–H and O–H groups in total. The lowest BCUT2D eigenvalue weighted by molar-refractivity contribution is 0.0167. The molecular weight excluding hydrogens is 258 g/mol. The van der Waals surface area contributed by atoms with Crippen LogP contribution in [0, 0.1) is 5.41 Å². The molecule has 0 aliphatic heterocycles. The van der Waals surface area contributed by atoms with E-state index in [9.17, 15) is 5.11 Å². The van der Waals surface area contributed by atoms with Gasteiger partial charge in [-0.3, -0.25) is 0 Å². The minimum absolute atomic E-state index is 0.140. The monoisotopic (exact) mass is 283 g/mol. The van der Waals surface area contributed by atoms with E-state index in [1.54, 1.807) is 0 Å². The third kappa shape index (κ3) is 2.83. The van der Waals surface area contributed by atoms with Crippen LogP contribution < -0.4 is 5.73 Å². The van der Waals surface area contributed by atoms with E-state index in [-0.39, 0.29) is 5.41 Å². The van der Waals surface area contributed by atoms with E-state index in [4.69, 9.17) is 5.73 Å². The fourth-order valence-electron chi connectivity index (χ4n) is 3.75. The lowest BCUT2D eigenvalue weighted by Gasteiger charge is -2.36. The van der Waals surface area contributed by atoms with Gasteiger partial charge < -0.3 is 10.8 Å². The molecule has 0 spiro atoms. The SMILES string of the molecule is NCC1(C(O)c2ccc3ccccc3c2)CCCCCC1. The van der Waals surface area contributed by atoms with Crippen molar-refractivity contribution in [3.63, 3.8) is 0 Å². The lowest BCUT2D eigenvalue weighted by Crippen LogP contribution is -2.36. The Balaban J connectivity index is 1.95. The van der Waals surface area contributed by atoms with Crippen LogP contribution in [0.3, 0.4) is 0 Å². The van der Waals surface area contributed by atoms with Crippen molar-refractivity contribution < 1.29 is 5.11 Å². The summed E-state index contributed by atoms with van der Waals surface area (Å²) in [5.41, 5.74) is 6.97. The lowest BCUT2D eigenvalue weighted by atomic mass is 9.73. The number of benzene rings is 2. The smallest absolute Gasteiger partial charge is 0.0858 e. The maximum absolute atomic E-state index is 11.0. The van der Waals surface area contributed by atoms with Gasteiger partial charge in [-0.2, -0.15) is 0 Å². The molecule has 0 radical (unpaired) electrons. The summed E-state index contributed by atoms with van der Waals surface area (Å²) in [4.78, 5) is 0. The summed E-state index contributed by atoms with van der Waals surface area (Å²) in [6.45, 7) is 0.570. The molecule has 0 bridgehead atoms. The minimum atomic E-state index is -0.454. The van der Waals surface area contributed by atoms with Gasteiger partial charge >= 0.3 is 0 Å². The van der Waals surface area contributed by atoms with Crippen molar-refractivity contribution >= 4 is 10.8 Å². The largest absolute Gasteiger partial charge is 0.388 e. The first-order chi connectivity index (χ1) is 10.2. The third-order valence-corrected chi connectivity index (χ3v) is 5.18. The molecule has 21 heavy (non-hydrogen) atoms. The number of nitrogens with two attached hydrogens (primary N) is 1. The molecule has 1 saturated carbocycles. The highest BCUT2D eigenvalue weighted by Crippen LogP contribution is 2.44. The second kappa shape index (κ2) is 6.17. The van der Waals surface area contributed by atoms with Crippen LogP contribution in [0.1, 0.15) is 50.2 Å². The zero-order chi connectivity index (χ0) is 14.7. The fraction of sp³-hybridized carbons (Fsp3) is 0.474. The Bertz CT molecular complexity index is 599. The topological polar surface area (TPSA) is 46.2 Å². The molecular formula is C19H25NO. The van der Waals surface area contributed by atoms with Crippen LogP contribution in [0.25, 0.3) is 10.8 Å². The van der Waals surface area contributed by atoms with E-state index in [2.05, 4.69) is 30.3 Å². The van der Waals surface area contributed by atoms with Gasteiger partial charge in [-0.1, -0.05) is 62.1 Å². The van der Waals surface area contributed by atoms with Crippen LogP contribution >= 0.6 is 0 Å². The molecule has 2 nitrogen and oxygen atoms in total. The summed E-state index contributed by atoms with van der Waals surface area (Å²) >= 11 is 0. The number of rotatable bonds is 3. The zero-order valence-corrected chi connectivity index (χ0v) is 12.6. The summed E-state index contributed by atoms with van der Waals surface area (Å²) in [6.07, 6.45) is 6.53. The standard InChI is InChI=1S/C19H25NO/c20-14-19(11-5-1-2-6-12-19)18(21)17-10-9-15-7-3-4-8-16(15)13-17/h3-4,7-10,13,18,21H,1-2,5-6,11-12,14,20H2. The van der Waals surface area contributed by atoms with Crippen LogP contribution in [0.2, 0.25) is 0 Å². The van der Waals surface area contributed by atoms with Gasteiger partial charge in [0.2, 0.25) is 0 Å². The third-order valence-electron chi connectivity index (χ3n) is 5.18. The number of aliphatic hydroxyl groups excluding tert-OH is 1. The normalized spacial score (nSPS) is 20.1. The predicted octanol–water partition coefficient (Wildman–Crippen LogP) is 4.17. The maximum atomic E-state index is 11.0. The van der Waals surface area contributed by atoms with Crippen molar-refractivity contribution in [1.82, 2.24) is 0 Å². The number of hydrogen-bond donors (Lipinski definition) is 2. The second-order valence-corrected chi connectivity index (χ2v) is 6.49. The van der Waals surface area contributed by atoms with Crippen molar-refractivity contribution in [1.29, 1.82) is 0 Å². The molecule has 2 heteroatoms. The van der Waals surface area contributed by atoms with Gasteiger partial charge in [-0.25, -0.2) is 0 Å². The predicted molar refractivity (Wildman–Crippen MR) is 88.1 cm³/mol. The van der Waals surface area contributed by atoms with Crippen molar-refractivity contribution in [3.05, 3.63) is 48.0 Å². The molecule has 1 fully saturated rings. The molecule has 1 aliphatic carbocycles. The van der Waals surface area contributed by atoms with Crippen molar-refractivity contribution in [2.24, 2.45) is 11.1 Å². The molecule has 2 aromatic rings. The van der Waals surface area contributed by atoms with E-state index < -0.39 is 6.10 Å². The van der Waals surface area contributed by atoms with E-state index in [1.807, 2.05) is 12.1 Å². The summed E-state index contributed by atoms with van der Waals surface area (Å²) in [5.74, 6) is 0. The molecule has 1 atom stereocenters. The average Bonchev–Trinajstić information content (AvgIpc) is 2.80. The Morgan fingerprint density at radius 1 is 0.952 bits per heavy atom. The molecule has 0 heterocycles. The highest BCUT2D eigenvalue weighted by molar-refractivity contribution is 5.83. The van der Waals surface area contributed by atoms with Gasteiger partial charge in [0.25, 0.3) is 0 Å². The molecule has 0 aromatic heterocycles. The Hall–Kier alpha value is -1.38. The first-order valence-electron chi connectivity index (χ1n) is 8.12. The summed E-state index contributed by atoms with van der Waals surface area (Å²) in [5, 5.41) is 13.4. The van der Waals surface area contributed by atoms with E-state index >= 15 is 0 Å². The minimum Gasteiger partial charge on any atom is -0.388 e. The summed E-state index contributed by atoms with van der Waals surface area (Å²) < 4.78 is 0. The van der Waals surface area contributed by atoms with Crippen molar-refractivity contribution in [2.45, 2.75) is 44.6 Å². The quantitative estimate of drug-likeness (QED) is 0.830. The van der Waals surface area contributed by atoms with Crippen molar-refractivity contribution in [3.8, 4) is 0 Å². The molecule has 2 aromatic carbocycles. The van der Waals surface area contributed by atoms with Crippen LogP contribution in [0.5, 0.6) is 0 Å². The van der Waals surface area contributed by atoms with Crippen LogP contribution in [-0.2, 0) is 0 Å². The van der Waals surface area contributed by atoms with Crippen LogP contribution in [0.15, 0.2) is 42.5 Å². The van der Waals surface area contributed by atoms with E-state index in [0.29, 0.717) is 6.54 Å². The molecule has 0 amide bonds. The number of aliphatic hydroxyl groups is 1. The first kappa shape index (κ1) is 14.6. The summed E-state index contributed by atoms with van der Waals surface area (Å²) in [7, 11) is 0. The molecule has 1 unspecified atom stereocenters. The molecule has 112 valence electrons. The van der Waals surface area contributed by atoms with Crippen LogP contribution in [-0.4, -0.2) is 11.7 Å². The fourth-order valence-corrected chi connectivity index (χ4v) is 3.75. The van der Waals surface area contributed by atoms with E-state index in [1.165, 1.54) is 36.5 Å².